The first-order valence-corrected chi connectivity index (χ1v) is 6.75. The third-order valence-corrected chi connectivity index (χ3v) is 3.17. The van der Waals surface area contributed by atoms with Crippen LogP contribution < -0.4 is 5.32 Å². The molecule has 2 rings (SSSR count). The number of esters is 1. The van der Waals surface area contributed by atoms with Crippen molar-refractivity contribution in [3.05, 3.63) is 35.4 Å². The summed E-state index contributed by atoms with van der Waals surface area (Å²) < 4.78 is 10.4. The second-order valence-electron chi connectivity index (χ2n) is 4.76. The van der Waals surface area contributed by atoms with Crippen LogP contribution in [0, 0.1) is 0 Å². The molecule has 0 aromatic heterocycles. The van der Waals surface area contributed by atoms with Gasteiger partial charge >= 0.3 is 5.97 Å². The largest absolute Gasteiger partial charge is 0.465 e. The van der Waals surface area contributed by atoms with E-state index >= 15 is 0 Å². The van der Waals surface area contributed by atoms with Crippen LogP contribution in [0.5, 0.6) is 0 Å². The van der Waals surface area contributed by atoms with Gasteiger partial charge in [-0.1, -0.05) is 24.3 Å². The summed E-state index contributed by atoms with van der Waals surface area (Å²) in [4.78, 5) is 12.1. The van der Waals surface area contributed by atoms with Crippen LogP contribution in [0.1, 0.15) is 36.9 Å². The van der Waals surface area contributed by atoms with Crippen LogP contribution in [0.25, 0.3) is 0 Å². The van der Waals surface area contributed by atoms with Crippen LogP contribution in [-0.2, 0) is 20.9 Å². The lowest BCUT2D eigenvalue weighted by Crippen LogP contribution is -2.32. The van der Waals surface area contributed by atoms with Crippen LogP contribution in [0.4, 0.5) is 0 Å². The normalized spacial score (nSPS) is 16.1. The summed E-state index contributed by atoms with van der Waals surface area (Å²) in [5.74, 6) is -0.210. The zero-order chi connectivity index (χ0) is 13.7. The Morgan fingerprint density at radius 3 is 2.79 bits per heavy atom. The van der Waals surface area contributed by atoms with E-state index in [-0.39, 0.29) is 5.97 Å². The van der Waals surface area contributed by atoms with E-state index in [4.69, 9.17) is 9.47 Å². The smallest absolute Gasteiger partial charge is 0.327 e. The molecular weight excluding hydrogens is 242 g/mol. The minimum Gasteiger partial charge on any atom is -0.465 e. The number of nitrogens with one attached hydrogen (secondary N) is 1. The second kappa shape index (κ2) is 6.68. The molecule has 1 aliphatic rings. The summed E-state index contributed by atoms with van der Waals surface area (Å²) in [5.41, 5.74) is 1.98. The van der Waals surface area contributed by atoms with E-state index < -0.39 is 6.04 Å². The molecule has 1 N–H and O–H groups in total. The highest BCUT2D eigenvalue weighted by Gasteiger charge is 2.31. The number of ether oxygens (including phenoxy) is 2. The van der Waals surface area contributed by atoms with E-state index in [1.165, 1.54) is 0 Å². The van der Waals surface area contributed by atoms with Crippen molar-refractivity contribution in [1.29, 1.82) is 0 Å². The number of hydrogen-bond acceptors (Lipinski definition) is 4. The molecule has 1 aliphatic carbocycles. The van der Waals surface area contributed by atoms with Crippen LogP contribution >= 0.6 is 0 Å². The Morgan fingerprint density at radius 1 is 1.42 bits per heavy atom. The Hall–Kier alpha value is -1.39. The molecule has 0 heterocycles. The molecule has 1 saturated carbocycles. The summed E-state index contributed by atoms with van der Waals surface area (Å²) in [7, 11) is 1.66. The van der Waals surface area contributed by atoms with Gasteiger partial charge in [0.1, 0.15) is 6.04 Å². The lowest BCUT2D eigenvalue weighted by molar-refractivity contribution is -0.146. The van der Waals surface area contributed by atoms with Crippen molar-refractivity contribution in [2.75, 3.05) is 13.7 Å². The van der Waals surface area contributed by atoms with E-state index in [9.17, 15) is 4.79 Å². The average Bonchev–Trinajstić information content (AvgIpc) is 3.21. The summed E-state index contributed by atoms with van der Waals surface area (Å²) in [5, 5.41) is 3.36. The van der Waals surface area contributed by atoms with E-state index in [1.54, 1.807) is 7.11 Å². The Kier molecular flexibility index (Phi) is 4.93. The molecular formula is C15H21NO3. The molecule has 0 spiro atoms. The van der Waals surface area contributed by atoms with E-state index in [2.05, 4.69) is 5.32 Å². The monoisotopic (exact) mass is 263 g/mol. The predicted octanol–water partition coefficient (Wildman–Crippen LogP) is 2.19. The zero-order valence-electron chi connectivity index (χ0n) is 11.5. The van der Waals surface area contributed by atoms with Gasteiger partial charge in [-0.05, 0) is 30.9 Å². The summed E-state index contributed by atoms with van der Waals surface area (Å²) in [6.07, 6.45) is 2.25. The van der Waals surface area contributed by atoms with Gasteiger partial charge in [-0.2, -0.15) is 0 Å². The molecule has 1 unspecified atom stereocenters. The van der Waals surface area contributed by atoms with E-state index in [0.717, 1.165) is 24.0 Å². The third kappa shape index (κ3) is 3.78. The first kappa shape index (κ1) is 14.0. The molecule has 19 heavy (non-hydrogen) atoms. The van der Waals surface area contributed by atoms with E-state index in [1.807, 2.05) is 31.2 Å². The highest BCUT2D eigenvalue weighted by Crippen LogP contribution is 2.27. The molecule has 1 aromatic carbocycles. The van der Waals surface area contributed by atoms with Gasteiger partial charge in [0.15, 0.2) is 0 Å². The van der Waals surface area contributed by atoms with Crippen molar-refractivity contribution in [3.8, 4) is 0 Å². The number of carbonyl (C=O) groups excluding carboxylic acids is 1. The van der Waals surface area contributed by atoms with Gasteiger partial charge in [-0.15, -0.1) is 0 Å². The maximum Gasteiger partial charge on any atom is 0.327 e. The topological polar surface area (TPSA) is 47.6 Å². The Labute approximate surface area is 114 Å². The van der Waals surface area contributed by atoms with Crippen molar-refractivity contribution in [1.82, 2.24) is 5.32 Å². The molecule has 0 aliphatic heterocycles. The molecule has 0 radical (unpaired) electrons. The molecule has 4 nitrogen and oxygen atoms in total. The highest BCUT2D eigenvalue weighted by molar-refractivity contribution is 5.78. The SMILES string of the molecule is CCOC(=O)C(NC1CC1)c1ccccc1COC. The molecule has 4 heteroatoms. The summed E-state index contributed by atoms with van der Waals surface area (Å²) in [6.45, 7) is 2.72. The third-order valence-electron chi connectivity index (χ3n) is 3.17. The fraction of sp³-hybridized carbons (Fsp3) is 0.533. The second-order valence-corrected chi connectivity index (χ2v) is 4.76. The van der Waals surface area contributed by atoms with Gasteiger partial charge in [-0.3, -0.25) is 5.32 Å². The molecule has 1 atom stereocenters. The van der Waals surface area contributed by atoms with Crippen LogP contribution in [-0.4, -0.2) is 25.7 Å². The molecule has 1 aromatic rings. The van der Waals surface area contributed by atoms with E-state index in [0.29, 0.717) is 19.3 Å². The Bertz CT molecular complexity index is 429. The quantitative estimate of drug-likeness (QED) is 0.766. The predicted molar refractivity (Wildman–Crippen MR) is 72.7 cm³/mol. The minimum atomic E-state index is -0.390. The summed E-state index contributed by atoms with van der Waals surface area (Å²) >= 11 is 0. The maximum atomic E-state index is 12.1. The number of benzene rings is 1. The zero-order valence-corrected chi connectivity index (χ0v) is 11.5. The first-order valence-electron chi connectivity index (χ1n) is 6.75. The fourth-order valence-corrected chi connectivity index (χ4v) is 2.10. The molecule has 0 saturated heterocycles. The number of hydrogen-bond donors (Lipinski definition) is 1. The fourth-order valence-electron chi connectivity index (χ4n) is 2.10. The standard InChI is InChI=1S/C15H21NO3/c1-3-19-15(17)14(16-12-8-9-12)13-7-5-4-6-11(13)10-18-2/h4-7,12,14,16H,3,8-10H2,1-2H3. The first-order chi connectivity index (χ1) is 9.26. The van der Waals surface area contributed by atoms with Crippen LogP contribution in [0.15, 0.2) is 24.3 Å². The van der Waals surface area contributed by atoms with Gasteiger partial charge in [-0.25, -0.2) is 4.79 Å². The maximum absolute atomic E-state index is 12.1. The van der Waals surface area contributed by atoms with Crippen LogP contribution in [0.3, 0.4) is 0 Å². The Balaban J connectivity index is 2.22. The van der Waals surface area contributed by atoms with Crippen molar-refractivity contribution in [2.24, 2.45) is 0 Å². The molecule has 1 fully saturated rings. The van der Waals surface area contributed by atoms with Gasteiger partial charge in [0, 0.05) is 13.2 Å². The van der Waals surface area contributed by atoms with Crippen LogP contribution in [0.2, 0.25) is 0 Å². The van der Waals surface area contributed by atoms with Crippen molar-refractivity contribution >= 4 is 5.97 Å². The van der Waals surface area contributed by atoms with Gasteiger partial charge in [0.25, 0.3) is 0 Å². The van der Waals surface area contributed by atoms with Gasteiger partial charge in [0.2, 0.25) is 0 Å². The van der Waals surface area contributed by atoms with Gasteiger partial charge < -0.3 is 9.47 Å². The van der Waals surface area contributed by atoms with Gasteiger partial charge in [0.05, 0.1) is 13.2 Å². The molecule has 0 amide bonds. The minimum absolute atomic E-state index is 0.210. The molecule has 0 bridgehead atoms. The highest BCUT2D eigenvalue weighted by atomic mass is 16.5. The number of carbonyl (C=O) groups is 1. The number of methoxy groups -OCH3 is 1. The number of rotatable bonds is 7. The van der Waals surface area contributed by atoms with Crippen molar-refractivity contribution in [3.63, 3.8) is 0 Å². The average molecular weight is 263 g/mol. The Morgan fingerprint density at radius 2 is 2.16 bits per heavy atom. The summed E-state index contributed by atoms with van der Waals surface area (Å²) in [6, 6.07) is 7.89. The lowest BCUT2D eigenvalue weighted by Gasteiger charge is -2.20. The molecule has 104 valence electrons. The lowest BCUT2D eigenvalue weighted by atomic mass is 10.0. The van der Waals surface area contributed by atoms with Crippen molar-refractivity contribution in [2.45, 2.75) is 38.5 Å². The van der Waals surface area contributed by atoms with Crippen molar-refractivity contribution < 1.29 is 14.3 Å².